The number of amides is 1. The van der Waals surface area contributed by atoms with Crippen LogP contribution in [0.5, 0.6) is 0 Å². The maximum absolute atomic E-state index is 10.0. The van der Waals surface area contributed by atoms with Gasteiger partial charge in [0.25, 0.3) is 0 Å². The highest BCUT2D eigenvalue weighted by atomic mass is 35.5. The molecule has 0 aliphatic carbocycles. The third-order valence-corrected chi connectivity index (χ3v) is 1.33. The van der Waals surface area contributed by atoms with Gasteiger partial charge in [0, 0.05) is 19.0 Å². The molecule has 0 atom stereocenters. The summed E-state index contributed by atoms with van der Waals surface area (Å²) in [6.45, 7) is 2.34. The summed E-state index contributed by atoms with van der Waals surface area (Å²) in [5, 5.41) is 3.05. The van der Waals surface area contributed by atoms with Crippen molar-refractivity contribution in [3.8, 4) is 0 Å². The van der Waals surface area contributed by atoms with Crippen LogP contribution < -0.4 is 11.1 Å². The molecule has 0 aromatic heterocycles. The van der Waals surface area contributed by atoms with E-state index in [0.29, 0.717) is 12.5 Å². The Balaban J connectivity index is 0.000000810. The van der Waals surface area contributed by atoms with Crippen LogP contribution in [0.4, 0.5) is 4.79 Å². The van der Waals surface area contributed by atoms with Crippen molar-refractivity contribution in [2.24, 2.45) is 11.7 Å². The standard InChI is InChI=1S/C5H10N2O2.ClH/c6-5(8)9-3-4-1-7-2-4;/h4,7H,1-3H2,(H2,6,8);1H. The fourth-order valence-electron chi connectivity index (χ4n) is 0.666. The molecule has 0 spiro atoms. The lowest BCUT2D eigenvalue weighted by Gasteiger charge is -2.25. The average Bonchev–Trinajstić information content (AvgIpc) is 1.60. The van der Waals surface area contributed by atoms with Crippen LogP contribution in [0.3, 0.4) is 0 Å². The summed E-state index contributed by atoms with van der Waals surface area (Å²) in [5.74, 6) is 0.484. The summed E-state index contributed by atoms with van der Waals surface area (Å²) in [5.41, 5.74) is 4.74. The first-order chi connectivity index (χ1) is 4.29. The highest BCUT2D eigenvalue weighted by Gasteiger charge is 2.17. The van der Waals surface area contributed by atoms with Crippen molar-refractivity contribution in [2.45, 2.75) is 0 Å². The number of halogens is 1. The van der Waals surface area contributed by atoms with Crippen molar-refractivity contribution in [1.82, 2.24) is 5.32 Å². The van der Waals surface area contributed by atoms with Crippen LogP contribution in [-0.4, -0.2) is 25.8 Å². The van der Waals surface area contributed by atoms with E-state index >= 15 is 0 Å². The second-order valence-electron chi connectivity index (χ2n) is 2.15. The van der Waals surface area contributed by atoms with Crippen molar-refractivity contribution in [3.05, 3.63) is 0 Å². The molecule has 4 nitrogen and oxygen atoms in total. The molecule has 0 unspecified atom stereocenters. The lowest BCUT2D eigenvalue weighted by atomic mass is 10.1. The van der Waals surface area contributed by atoms with E-state index in [1.165, 1.54) is 0 Å². The fraction of sp³-hybridized carbons (Fsp3) is 0.800. The number of rotatable bonds is 2. The van der Waals surface area contributed by atoms with Crippen LogP contribution in [0, 0.1) is 5.92 Å². The summed E-state index contributed by atoms with van der Waals surface area (Å²) in [6.07, 6.45) is -0.679. The molecule has 1 saturated heterocycles. The first-order valence-electron chi connectivity index (χ1n) is 2.92. The van der Waals surface area contributed by atoms with Gasteiger partial charge in [-0.1, -0.05) is 0 Å². The minimum absolute atomic E-state index is 0. The Bertz CT molecular complexity index is 116. The van der Waals surface area contributed by atoms with Gasteiger partial charge in [-0.25, -0.2) is 4.79 Å². The highest BCUT2D eigenvalue weighted by molar-refractivity contribution is 5.85. The third kappa shape index (κ3) is 2.89. The summed E-state index contributed by atoms with van der Waals surface area (Å²) in [6, 6.07) is 0. The van der Waals surface area contributed by atoms with Gasteiger partial charge in [0.1, 0.15) is 0 Å². The Morgan fingerprint density at radius 2 is 2.30 bits per heavy atom. The van der Waals surface area contributed by atoms with Gasteiger partial charge in [0.15, 0.2) is 0 Å². The number of nitrogens with two attached hydrogens (primary N) is 1. The van der Waals surface area contributed by atoms with Crippen LogP contribution >= 0.6 is 12.4 Å². The van der Waals surface area contributed by atoms with E-state index < -0.39 is 6.09 Å². The van der Waals surface area contributed by atoms with Crippen molar-refractivity contribution in [2.75, 3.05) is 19.7 Å². The summed E-state index contributed by atoms with van der Waals surface area (Å²) < 4.78 is 4.54. The average molecular weight is 167 g/mol. The van der Waals surface area contributed by atoms with Crippen LogP contribution in [0.1, 0.15) is 0 Å². The zero-order valence-electron chi connectivity index (χ0n) is 5.50. The topological polar surface area (TPSA) is 64.4 Å². The number of hydrogen-bond donors (Lipinski definition) is 2. The Hall–Kier alpha value is -0.480. The normalized spacial score (nSPS) is 16.8. The lowest BCUT2D eigenvalue weighted by molar-refractivity contribution is 0.120. The molecular weight excluding hydrogens is 156 g/mol. The van der Waals surface area contributed by atoms with E-state index in [9.17, 15) is 4.79 Å². The van der Waals surface area contributed by atoms with Crippen molar-refractivity contribution in [1.29, 1.82) is 0 Å². The zero-order valence-corrected chi connectivity index (χ0v) is 6.32. The van der Waals surface area contributed by atoms with Gasteiger partial charge < -0.3 is 15.8 Å². The summed E-state index contributed by atoms with van der Waals surface area (Å²) in [4.78, 5) is 10.0. The van der Waals surface area contributed by atoms with Gasteiger partial charge in [-0.3, -0.25) is 0 Å². The SMILES string of the molecule is Cl.NC(=O)OCC1CNC1. The molecule has 0 aromatic carbocycles. The lowest BCUT2D eigenvalue weighted by Crippen LogP contribution is -2.45. The molecule has 0 bridgehead atoms. The second-order valence-corrected chi connectivity index (χ2v) is 2.15. The van der Waals surface area contributed by atoms with Crippen LogP contribution in [0.2, 0.25) is 0 Å². The van der Waals surface area contributed by atoms with Gasteiger partial charge in [-0.05, 0) is 0 Å². The maximum atomic E-state index is 10.0. The van der Waals surface area contributed by atoms with Crippen molar-refractivity contribution in [3.63, 3.8) is 0 Å². The monoisotopic (exact) mass is 166 g/mol. The van der Waals surface area contributed by atoms with Gasteiger partial charge in [0.2, 0.25) is 0 Å². The van der Waals surface area contributed by atoms with Crippen molar-refractivity contribution < 1.29 is 9.53 Å². The Morgan fingerprint density at radius 1 is 1.70 bits per heavy atom. The number of ether oxygens (including phenoxy) is 1. The van der Waals surface area contributed by atoms with Gasteiger partial charge >= 0.3 is 6.09 Å². The molecule has 60 valence electrons. The second kappa shape index (κ2) is 4.35. The van der Waals surface area contributed by atoms with E-state index in [2.05, 4.69) is 10.1 Å². The van der Waals surface area contributed by atoms with E-state index in [4.69, 9.17) is 5.73 Å². The fourth-order valence-corrected chi connectivity index (χ4v) is 0.666. The first-order valence-corrected chi connectivity index (χ1v) is 2.92. The van der Waals surface area contributed by atoms with Crippen molar-refractivity contribution >= 4 is 18.5 Å². The minimum Gasteiger partial charge on any atom is -0.449 e. The molecule has 3 N–H and O–H groups in total. The van der Waals surface area contributed by atoms with Gasteiger partial charge in [0.05, 0.1) is 6.61 Å². The van der Waals surface area contributed by atoms with Crippen LogP contribution in [-0.2, 0) is 4.74 Å². The number of carbonyl (C=O) groups is 1. The molecule has 1 fully saturated rings. The Kier molecular flexibility index (Phi) is 4.14. The number of hydrogen-bond acceptors (Lipinski definition) is 3. The minimum atomic E-state index is -0.679. The predicted molar refractivity (Wildman–Crippen MR) is 39.1 cm³/mol. The van der Waals surface area contributed by atoms with Crippen LogP contribution in [0.25, 0.3) is 0 Å². The Morgan fingerprint density at radius 3 is 2.60 bits per heavy atom. The quantitative estimate of drug-likeness (QED) is 0.593. The molecular formula is C5H11ClN2O2. The maximum Gasteiger partial charge on any atom is 0.404 e. The molecule has 0 radical (unpaired) electrons. The molecule has 0 saturated carbocycles. The van der Waals surface area contributed by atoms with E-state index in [0.717, 1.165) is 13.1 Å². The van der Waals surface area contributed by atoms with E-state index in [1.54, 1.807) is 0 Å². The smallest absolute Gasteiger partial charge is 0.404 e. The Labute approximate surface area is 65.5 Å². The molecule has 5 heteroatoms. The molecule has 1 heterocycles. The van der Waals surface area contributed by atoms with E-state index in [1.807, 2.05) is 0 Å². The number of carbonyl (C=O) groups excluding carboxylic acids is 1. The summed E-state index contributed by atoms with van der Waals surface area (Å²) >= 11 is 0. The predicted octanol–water partition coefficient (Wildman–Crippen LogP) is -0.277. The molecule has 1 rings (SSSR count). The van der Waals surface area contributed by atoms with E-state index in [-0.39, 0.29) is 12.4 Å². The summed E-state index contributed by atoms with van der Waals surface area (Å²) in [7, 11) is 0. The molecule has 1 aliphatic rings. The first kappa shape index (κ1) is 9.52. The molecule has 1 amide bonds. The molecule has 1 aliphatic heterocycles. The highest BCUT2D eigenvalue weighted by Crippen LogP contribution is 2.01. The van der Waals surface area contributed by atoms with Crippen LogP contribution in [0.15, 0.2) is 0 Å². The molecule has 0 aromatic rings. The number of nitrogens with one attached hydrogen (secondary N) is 1. The largest absolute Gasteiger partial charge is 0.449 e. The zero-order chi connectivity index (χ0) is 6.69. The third-order valence-electron chi connectivity index (χ3n) is 1.33. The van der Waals surface area contributed by atoms with Gasteiger partial charge in [-0.15, -0.1) is 12.4 Å². The molecule has 10 heavy (non-hydrogen) atoms. The number of primary amides is 1. The van der Waals surface area contributed by atoms with Gasteiger partial charge in [-0.2, -0.15) is 0 Å².